The average Bonchev–Trinajstić information content (AvgIpc) is 3.28. The zero-order valence-electron chi connectivity index (χ0n) is 26.1. The number of hydrogen-bond donors (Lipinski definition) is 3. The molecule has 3 rings (SSSR count). The molecule has 1 aromatic carbocycles. The topological polar surface area (TPSA) is 155 Å². The van der Waals surface area contributed by atoms with Gasteiger partial charge in [0, 0.05) is 50.7 Å². The van der Waals surface area contributed by atoms with Gasteiger partial charge in [-0.1, -0.05) is 29.8 Å². The number of aliphatic hydroxyl groups is 3. The number of carbonyl (C=O) groups excluding carboxylic acids is 1. The van der Waals surface area contributed by atoms with Gasteiger partial charge in [0.15, 0.2) is 0 Å². The molecule has 45 heavy (non-hydrogen) atoms. The zero-order chi connectivity index (χ0) is 32.4. The quantitative estimate of drug-likeness (QED) is 0.0586. The molecule has 1 aliphatic heterocycles. The molecule has 1 saturated carbocycles. The van der Waals surface area contributed by atoms with Crippen molar-refractivity contribution in [2.24, 2.45) is 11.8 Å². The number of hydrogen-bond acceptors (Lipinski definition) is 11. The van der Waals surface area contributed by atoms with E-state index in [4.69, 9.17) is 21.1 Å². The van der Waals surface area contributed by atoms with Crippen LogP contribution in [0.25, 0.3) is 0 Å². The summed E-state index contributed by atoms with van der Waals surface area (Å²) in [5, 5.41) is 41.4. The van der Waals surface area contributed by atoms with Crippen molar-refractivity contribution in [2.75, 3.05) is 59.1 Å². The van der Waals surface area contributed by atoms with Crippen LogP contribution >= 0.6 is 11.6 Å². The molecule has 5 atom stereocenters. The molecule has 1 aromatic rings. The molecule has 2 aliphatic rings. The summed E-state index contributed by atoms with van der Waals surface area (Å²) in [5.74, 6) is 0.208. The first-order chi connectivity index (χ1) is 21.7. The van der Waals surface area contributed by atoms with Crippen LogP contribution in [-0.4, -0.2) is 114 Å². The number of benzene rings is 1. The Morgan fingerprint density at radius 3 is 2.42 bits per heavy atom. The van der Waals surface area contributed by atoms with Gasteiger partial charge >= 0.3 is 5.97 Å². The van der Waals surface area contributed by atoms with Crippen LogP contribution in [0, 0.1) is 22.0 Å². The SMILES string of the molecule is O=C(CCC/C=C\C[C@@H]1[C@@H](CC[C@@H](O)COc2cccc(Cl)c2)[C@H](O)C[C@@H]1O)OCCCN1CCN(CCCO[N+](=O)[O-])CC1. The Bertz CT molecular complexity index is 1040. The lowest BCUT2D eigenvalue weighted by Gasteiger charge is -2.34. The molecule has 0 aromatic heterocycles. The number of carbonyl (C=O) groups is 1. The number of unbranched alkanes of at least 4 members (excludes halogenated alkanes) is 1. The fourth-order valence-corrected chi connectivity index (χ4v) is 6.25. The van der Waals surface area contributed by atoms with Crippen molar-refractivity contribution < 1.29 is 39.5 Å². The van der Waals surface area contributed by atoms with Crippen LogP contribution < -0.4 is 4.74 Å². The first-order valence-electron chi connectivity index (χ1n) is 16.2. The van der Waals surface area contributed by atoms with E-state index in [1.807, 2.05) is 12.2 Å². The molecule has 2 fully saturated rings. The van der Waals surface area contributed by atoms with E-state index in [1.165, 1.54) is 0 Å². The molecule has 0 radical (unpaired) electrons. The minimum atomic E-state index is -0.756. The van der Waals surface area contributed by atoms with Gasteiger partial charge in [-0.15, -0.1) is 10.1 Å². The summed E-state index contributed by atoms with van der Waals surface area (Å²) in [4.78, 5) is 31.3. The third-order valence-corrected chi connectivity index (χ3v) is 8.82. The predicted molar refractivity (Wildman–Crippen MR) is 169 cm³/mol. The predicted octanol–water partition coefficient (Wildman–Crippen LogP) is 3.48. The minimum Gasteiger partial charge on any atom is -0.491 e. The van der Waals surface area contributed by atoms with Gasteiger partial charge in [0.25, 0.3) is 5.09 Å². The Labute approximate surface area is 271 Å². The summed E-state index contributed by atoms with van der Waals surface area (Å²) in [7, 11) is 0. The van der Waals surface area contributed by atoms with Crippen molar-refractivity contribution in [3.8, 4) is 5.75 Å². The first-order valence-corrected chi connectivity index (χ1v) is 16.5. The van der Waals surface area contributed by atoms with Crippen molar-refractivity contribution in [1.82, 2.24) is 9.80 Å². The van der Waals surface area contributed by atoms with Gasteiger partial charge in [-0.2, -0.15) is 0 Å². The summed E-state index contributed by atoms with van der Waals surface area (Å²) in [5.41, 5.74) is 0. The van der Waals surface area contributed by atoms with Crippen molar-refractivity contribution in [1.29, 1.82) is 0 Å². The highest BCUT2D eigenvalue weighted by atomic mass is 35.5. The highest BCUT2D eigenvalue weighted by Crippen LogP contribution is 2.38. The van der Waals surface area contributed by atoms with Gasteiger partial charge in [0.05, 0.1) is 31.5 Å². The molecule has 0 unspecified atom stereocenters. The van der Waals surface area contributed by atoms with Crippen LogP contribution in [-0.2, 0) is 14.4 Å². The van der Waals surface area contributed by atoms with E-state index in [0.717, 1.165) is 52.1 Å². The molecule has 3 N–H and O–H groups in total. The Balaban J connectivity index is 1.21. The second-order valence-electron chi connectivity index (χ2n) is 12.0. The van der Waals surface area contributed by atoms with Gasteiger partial charge in [0.1, 0.15) is 12.4 Å². The summed E-state index contributed by atoms with van der Waals surface area (Å²) in [6.45, 7) is 5.99. The first kappa shape index (κ1) is 37.0. The maximum Gasteiger partial charge on any atom is 0.305 e. The van der Waals surface area contributed by atoms with Gasteiger partial charge in [-0.05, 0) is 81.4 Å². The van der Waals surface area contributed by atoms with Gasteiger partial charge < -0.3 is 39.4 Å². The highest BCUT2D eigenvalue weighted by molar-refractivity contribution is 6.30. The van der Waals surface area contributed by atoms with Crippen LogP contribution in [0.3, 0.4) is 0 Å². The summed E-state index contributed by atoms with van der Waals surface area (Å²) < 4.78 is 11.0. The van der Waals surface area contributed by atoms with E-state index in [2.05, 4.69) is 14.6 Å². The Kier molecular flexibility index (Phi) is 16.9. The number of piperazine rings is 1. The number of halogens is 1. The molecule has 0 spiro atoms. The molecule has 13 heteroatoms. The lowest BCUT2D eigenvalue weighted by Crippen LogP contribution is -2.47. The molecule has 0 amide bonds. The molecule has 1 aliphatic carbocycles. The highest BCUT2D eigenvalue weighted by Gasteiger charge is 2.40. The summed E-state index contributed by atoms with van der Waals surface area (Å²) >= 11 is 5.97. The molecule has 0 bridgehead atoms. The smallest absolute Gasteiger partial charge is 0.305 e. The van der Waals surface area contributed by atoms with E-state index in [1.54, 1.807) is 24.3 Å². The lowest BCUT2D eigenvalue weighted by atomic mass is 9.86. The van der Waals surface area contributed by atoms with Gasteiger partial charge in [0.2, 0.25) is 0 Å². The zero-order valence-corrected chi connectivity index (χ0v) is 26.8. The van der Waals surface area contributed by atoms with Crippen molar-refractivity contribution >= 4 is 17.6 Å². The molecule has 1 saturated heterocycles. The van der Waals surface area contributed by atoms with Crippen LogP contribution in [0.4, 0.5) is 0 Å². The fraction of sp³-hybridized carbons (Fsp3) is 0.719. The van der Waals surface area contributed by atoms with E-state index in [0.29, 0.717) is 62.3 Å². The minimum absolute atomic E-state index is 0.0828. The van der Waals surface area contributed by atoms with Gasteiger partial charge in [-0.3, -0.25) is 4.79 Å². The lowest BCUT2D eigenvalue weighted by molar-refractivity contribution is -0.757. The van der Waals surface area contributed by atoms with Crippen molar-refractivity contribution in [2.45, 2.75) is 76.1 Å². The number of esters is 1. The maximum atomic E-state index is 12.1. The molecule has 254 valence electrons. The second-order valence-corrected chi connectivity index (χ2v) is 12.4. The van der Waals surface area contributed by atoms with Crippen LogP contribution in [0.5, 0.6) is 5.75 Å². The number of aliphatic hydroxyl groups excluding tert-OH is 3. The third-order valence-electron chi connectivity index (χ3n) is 8.58. The maximum absolute atomic E-state index is 12.1. The number of rotatable bonds is 21. The van der Waals surface area contributed by atoms with Crippen LogP contribution in [0.2, 0.25) is 5.02 Å². The Hall–Kier alpha value is -2.48. The monoisotopic (exact) mass is 655 g/mol. The molecular weight excluding hydrogens is 606 g/mol. The van der Waals surface area contributed by atoms with Crippen LogP contribution in [0.1, 0.15) is 57.8 Å². The molecule has 12 nitrogen and oxygen atoms in total. The second kappa shape index (κ2) is 20.6. The molecule has 1 heterocycles. The number of allylic oxidation sites excluding steroid dienone is 2. The van der Waals surface area contributed by atoms with Crippen molar-refractivity contribution in [3.05, 3.63) is 51.6 Å². The van der Waals surface area contributed by atoms with Crippen LogP contribution in [0.15, 0.2) is 36.4 Å². The Morgan fingerprint density at radius 1 is 1.04 bits per heavy atom. The fourth-order valence-electron chi connectivity index (χ4n) is 6.07. The average molecular weight is 656 g/mol. The normalized spacial score (nSPS) is 23.3. The number of nitrogens with zero attached hydrogens (tertiary/aromatic N) is 3. The van der Waals surface area contributed by atoms with E-state index >= 15 is 0 Å². The third kappa shape index (κ3) is 14.7. The van der Waals surface area contributed by atoms with E-state index < -0.39 is 23.4 Å². The number of ether oxygens (including phenoxy) is 2. The molecular formula is C32H50ClN3O9. The van der Waals surface area contributed by atoms with E-state index in [-0.39, 0.29) is 31.0 Å². The van der Waals surface area contributed by atoms with E-state index in [9.17, 15) is 30.2 Å². The van der Waals surface area contributed by atoms with Crippen molar-refractivity contribution in [3.63, 3.8) is 0 Å². The van der Waals surface area contributed by atoms with Gasteiger partial charge in [-0.25, -0.2) is 0 Å². The standard InChI is InChI=1S/C32H50ClN3O9/c33-25-8-5-9-27(22-25)44-24-26(37)12-13-29-28(30(38)23-31(29)39)10-3-1-2-4-11-32(40)43-20-6-14-34-16-18-35(19-17-34)15-7-21-45-36(41)42/h1,3,5,8-9,22,26,28-31,37-39H,2,4,6-7,10-21,23-24H2/b3-1-/t26-,28-,29-,30+,31-/m1/s1. The summed E-state index contributed by atoms with van der Waals surface area (Å²) in [6, 6.07) is 7.00. The largest absolute Gasteiger partial charge is 0.491 e. The Morgan fingerprint density at radius 2 is 1.73 bits per heavy atom. The summed E-state index contributed by atoms with van der Waals surface area (Å²) in [6.07, 6.45) is 7.35.